The summed E-state index contributed by atoms with van der Waals surface area (Å²) in [5.41, 5.74) is 1.38. The maximum Gasteiger partial charge on any atom is 0.278 e. The number of rotatable bonds is 4. The van der Waals surface area contributed by atoms with Crippen LogP contribution in [0.3, 0.4) is 0 Å². The third kappa shape index (κ3) is 3.54. The zero-order chi connectivity index (χ0) is 19.7. The molecule has 2 aliphatic rings. The molecule has 0 atom stereocenters. The van der Waals surface area contributed by atoms with Crippen molar-refractivity contribution in [3.63, 3.8) is 0 Å². The quantitative estimate of drug-likeness (QED) is 0.660. The van der Waals surface area contributed by atoms with Crippen molar-refractivity contribution in [1.82, 2.24) is 20.3 Å². The van der Waals surface area contributed by atoms with Crippen molar-refractivity contribution in [3.8, 4) is 28.7 Å². The third-order valence-corrected chi connectivity index (χ3v) is 5.31. The summed E-state index contributed by atoms with van der Waals surface area (Å²) in [6, 6.07) is 11.2. The van der Waals surface area contributed by atoms with Crippen molar-refractivity contribution in [3.05, 3.63) is 36.4 Å². The molecule has 2 aromatic heterocycles. The summed E-state index contributed by atoms with van der Waals surface area (Å²) >= 11 is 0. The SMILES string of the molecule is COc1ccc(-c2noc(-c3ccc(N4CCC5(CC4)OCCO5)nn3)n2)cc1. The van der Waals surface area contributed by atoms with Crippen molar-refractivity contribution in [2.24, 2.45) is 0 Å². The van der Waals surface area contributed by atoms with Crippen LogP contribution < -0.4 is 9.64 Å². The maximum atomic E-state index is 5.77. The van der Waals surface area contributed by atoms with Crippen LogP contribution in [0.15, 0.2) is 40.9 Å². The number of anilines is 1. The summed E-state index contributed by atoms with van der Waals surface area (Å²) in [7, 11) is 1.63. The monoisotopic (exact) mass is 395 g/mol. The largest absolute Gasteiger partial charge is 0.497 e. The Kier molecular flexibility index (Phi) is 4.61. The zero-order valence-corrected chi connectivity index (χ0v) is 16.1. The predicted octanol–water partition coefficient (Wildman–Crippen LogP) is 2.55. The molecule has 1 spiro atoms. The number of nitrogens with zero attached hydrogens (tertiary/aromatic N) is 5. The van der Waals surface area contributed by atoms with E-state index in [0.29, 0.717) is 30.6 Å². The van der Waals surface area contributed by atoms with Gasteiger partial charge in [-0.3, -0.25) is 0 Å². The molecule has 2 fully saturated rings. The van der Waals surface area contributed by atoms with E-state index >= 15 is 0 Å². The van der Waals surface area contributed by atoms with E-state index in [1.165, 1.54) is 0 Å². The van der Waals surface area contributed by atoms with Gasteiger partial charge in [-0.1, -0.05) is 5.16 Å². The van der Waals surface area contributed by atoms with Crippen LogP contribution >= 0.6 is 0 Å². The smallest absolute Gasteiger partial charge is 0.278 e. The number of ether oxygens (including phenoxy) is 3. The Balaban J connectivity index is 1.27. The molecule has 5 rings (SSSR count). The van der Waals surface area contributed by atoms with Gasteiger partial charge in [0.2, 0.25) is 5.82 Å². The average Bonchev–Trinajstić information content (AvgIpc) is 3.45. The fraction of sp³-hybridized carbons (Fsp3) is 0.400. The van der Waals surface area contributed by atoms with Crippen LogP contribution in [0, 0.1) is 0 Å². The summed E-state index contributed by atoms with van der Waals surface area (Å²) in [5, 5.41) is 12.7. The first-order chi connectivity index (χ1) is 14.2. The van der Waals surface area contributed by atoms with Gasteiger partial charge in [-0.15, -0.1) is 10.2 Å². The van der Waals surface area contributed by atoms with Gasteiger partial charge in [0.05, 0.1) is 20.3 Å². The third-order valence-electron chi connectivity index (χ3n) is 5.31. The molecule has 3 aromatic rings. The average molecular weight is 395 g/mol. The van der Waals surface area contributed by atoms with Gasteiger partial charge < -0.3 is 23.6 Å². The highest BCUT2D eigenvalue weighted by atomic mass is 16.7. The highest BCUT2D eigenvalue weighted by Gasteiger charge is 2.40. The van der Waals surface area contributed by atoms with Crippen molar-refractivity contribution >= 4 is 5.82 Å². The molecular weight excluding hydrogens is 374 g/mol. The van der Waals surface area contributed by atoms with E-state index in [-0.39, 0.29) is 0 Å². The molecule has 2 aliphatic heterocycles. The number of aromatic nitrogens is 4. The highest BCUT2D eigenvalue weighted by molar-refractivity contribution is 5.59. The van der Waals surface area contributed by atoms with Gasteiger partial charge in [-0.2, -0.15) is 4.98 Å². The molecule has 0 saturated carbocycles. The Morgan fingerprint density at radius 2 is 1.72 bits per heavy atom. The molecule has 0 unspecified atom stereocenters. The van der Waals surface area contributed by atoms with Crippen LogP contribution in [-0.4, -0.2) is 59.5 Å². The van der Waals surface area contributed by atoms with E-state index in [9.17, 15) is 0 Å². The Labute approximate surface area is 167 Å². The van der Waals surface area contributed by atoms with E-state index in [0.717, 1.165) is 43.1 Å². The Hall–Kier alpha value is -3.04. The molecule has 0 amide bonds. The second-order valence-corrected chi connectivity index (χ2v) is 7.02. The minimum absolute atomic E-state index is 0.334. The van der Waals surface area contributed by atoms with E-state index in [1.54, 1.807) is 7.11 Å². The van der Waals surface area contributed by atoms with Crippen LogP contribution in [-0.2, 0) is 9.47 Å². The molecule has 0 radical (unpaired) electrons. The van der Waals surface area contributed by atoms with Gasteiger partial charge in [0.1, 0.15) is 5.75 Å². The van der Waals surface area contributed by atoms with E-state index < -0.39 is 5.79 Å². The lowest BCUT2D eigenvalue weighted by atomic mass is 10.0. The minimum Gasteiger partial charge on any atom is -0.497 e. The van der Waals surface area contributed by atoms with Crippen LogP contribution in [0.1, 0.15) is 12.8 Å². The molecule has 9 heteroatoms. The Bertz CT molecular complexity index is 957. The molecule has 9 nitrogen and oxygen atoms in total. The number of methoxy groups -OCH3 is 1. The lowest BCUT2D eigenvalue weighted by Crippen LogP contribution is -2.45. The van der Waals surface area contributed by atoms with Crippen LogP contribution in [0.2, 0.25) is 0 Å². The number of piperidine rings is 1. The van der Waals surface area contributed by atoms with Crippen molar-refractivity contribution < 1.29 is 18.7 Å². The van der Waals surface area contributed by atoms with E-state index in [1.807, 2.05) is 36.4 Å². The van der Waals surface area contributed by atoms with Gasteiger partial charge in [0, 0.05) is 31.5 Å². The second kappa shape index (κ2) is 7.41. The molecule has 4 heterocycles. The van der Waals surface area contributed by atoms with Crippen LogP contribution in [0.4, 0.5) is 5.82 Å². The Morgan fingerprint density at radius 1 is 0.966 bits per heavy atom. The molecule has 1 aromatic carbocycles. The first-order valence-electron chi connectivity index (χ1n) is 9.60. The van der Waals surface area contributed by atoms with Crippen molar-refractivity contribution in [2.75, 3.05) is 38.3 Å². The van der Waals surface area contributed by atoms with Gasteiger partial charge in [-0.25, -0.2) is 0 Å². The summed E-state index contributed by atoms with van der Waals surface area (Å²) in [4.78, 5) is 6.61. The summed E-state index contributed by atoms with van der Waals surface area (Å²) in [6.07, 6.45) is 1.65. The van der Waals surface area contributed by atoms with E-state index in [4.69, 9.17) is 18.7 Å². The standard InChI is InChI=1S/C20H21N5O4/c1-26-15-4-2-14(3-5-15)18-21-19(29-24-18)16-6-7-17(23-22-16)25-10-8-20(9-11-25)27-12-13-28-20/h2-7H,8-13H2,1H3. The lowest BCUT2D eigenvalue weighted by Gasteiger charge is -2.37. The molecule has 150 valence electrons. The first-order valence-corrected chi connectivity index (χ1v) is 9.60. The van der Waals surface area contributed by atoms with Gasteiger partial charge in [0.15, 0.2) is 17.3 Å². The highest BCUT2D eigenvalue weighted by Crippen LogP contribution is 2.32. The van der Waals surface area contributed by atoms with Crippen LogP contribution in [0.5, 0.6) is 5.75 Å². The number of benzene rings is 1. The molecular formula is C20H21N5O4. The topological polar surface area (TPSA) is 95.6 Å². The molecule has 0 N–H and O–H groups in total. The molecule has 0 bridgehead atoms. The fourth-order valence-electron chi connectivity index (χ4n) is 3.66. The summed E-state index contributed by atoms with van der Waals surface area (Å²) in [5.74, 6) is 2.02. The first kappa shape index (κ1) is 18.0. The number of hydrogen-bond acceptors (Lipinski definition) is 9. The molecule has 2 saturated heterocycles. The number of hydrogen-bond donors (Lipinski definition) is 0. The Morgan fingerprint density at radius 3 is 2.38 bits per heavy atom. The molecule has 0 aliphatic carbocycles. The lowest BCUT2D eigenvalue weighted by molar-refractivity contribution is -0.169. The van der Waals surface area contributed by atoms with E-state index in [2.05, 4.69) is 25.2 Å². The summed E-state index contributed by atoms with van der Waals surface area (Å²) < 4.78 is 22.1. The zero-order valence-electron chi connectivity index (χ0n) is 16.1. The maximum absolute atomic E-state index is 5.77. The van der Waals surface area contributed by atoms with Gasteiger partial charge in [-0.05, 0) is 36.4 Å². The van der Waals surface area contributed by atoms with Crippen molar-refractivity contribution in [2.45, 2.75) is 18.6 Å². The molecule has 29 heavy (non-hydrogen) atoms. The second-order valence-electron chi connectivity index (χ2n) is 7.02. The van der Waals surface area contributed by atoms with Crippen LogP contribution in [0.25, 0.3) is 23.0 Å². The predicted molar refractivity (Wildman–Crippen MR) is 103 cm³/mol. The van der Waals surface area contributed by atoms with Gasteiger partial charge in [0.25, 0.3) is 5.89 Å². The summed E-state index contributed by atoms with van der Waals surface area (Å²) in [6.45, 7) is 2.99. The normalized spacial score (nSPS) is 18.3. The minimum atomic E-state index is -0.397. The van der Waals surface area contributed by atoms with Gasteiger partial charge >= 0.3 is 0 Å². The fourth-order valence-corrected chi connectivity index (χ4v) is 3.66. The van der Waals surface area contributed by atoms with Crippen molar-refractivity contribution in [1.29, 1.82) is 0 Å².